The Labute approximate surface area is 158 Å². The molecule has 0 bridgehead atoms. The lowest BCUT2D eigenvalue weighted by atomic mass is 9.99. The molecule has 148 valence electrons. The maximum atomic E-state index is 12.0. The summed E-state index contributed by atoms with van der Waals surface area (Å²) in [7, 11) is -1.92. The minimum atomic E-state index is -3.68. The number of aromatic nitrogens is 5. The second kappa shape index (κ2) is 8.53. The van der Waals surface area contributed by atoms with Crippen LogP contribution in [0.1, 0.15) is 20.8 Å². The largest absolute Gasteiger partial charge is 0.349 e. The van der Waals surface area contributed by atoms with Crippen LogP contribution in [0.25, 0.3) is 11.4 Å². The van der Waals surface area contributed by atoms with Gasteiger partial charge in [-0.1, -0.05) is 25.5 Å². The smallest absolute Gasteiger partial charge is 0.288 e. The molecule has 0 aliphatic rings. The average molecular weight is 397 g/mol. The molecule has 1 N–H and O–H groups in total. The average Bonchev–Trinajstić information content (AvgIpc) is 2.99. The molecular weight excluding hydrogens is 372 g/mol. The fourth-order valence-corrected chi connectivity index (χ4v) is 2.97. The van der Waals surface area contributed by atoms with E-state index in [9.17, 15) is 13.2 Å². The van der Waals surface area contributed by atoms with Gasteiger partial charge in [0.2, 0.25) is 6.20 Å². The SMILES string of the molecule is Cn1cnc(-c2ccn[n+](CC(=O)NCCS(=O)(=O)OCC(C)(C)C)c2)n1. The Kier molecular flexibility index (Phi) is 6.60. The summed E-state index contributed by atoms with van der Waals surface area (Å²) in [5.41, 5.74) is 0.461. The fourth-order valence-electron chi connectivity index (χ4n) is 1.97. The van der Waals surface area contributed by atoms with E-state index in [1.165, 1.54) is 4.68 Å². The molecule has 2 aromatic heterocycles. The second-order valence-corrected chi connectivity index (χ2v) is 9.05. The molecule has 0 spiro atoms. The number of carbonyl (C=O) groups is 1. The van der Waals surface area contributed by atoms with E-state index in [0.717, 1.165) is 5.56 Å². The normalized spacial score (nSPS) is 12.1. The molecule has 0 atom stereocenters. The Bertz CT molecular complexity index is 888. The number of rotatable bonds is 8. The van der Waals surface area contributed by atoms with Gasteiger partial charge < -0.3 is 5.32 Å². The molecule has 0 radical (unpaired) electrons. The van der Waals surface area contributed by atoms with E-state index >= 15 is 0 Å². The zero-order valence-electron chi connectivity index (χ0n) is 15.9. The van der Waals surface area contributed by atoms with Crippen LogP contribution < -0.4 is 10.00 Å². The van der Waals surface area contributed by atoms with Crippen LogP contribution in [0.2, 0.25) is 0 Å². The molecule has 0 saturated heterocycles. The zero-order valence-corrected chi connectivity index (χ0v) is 16.7. The lowest BCUT2D eigenvalue weighted by molar-refractivity contribution is -0.742. The maximum Gasteiger partial charge on any atom is 0.288 e. The second-order valence-electron chi connectivity index (χ2n) is 7.29. The van der Waals surface area contributed by atoms with Crippen molar-refractivity contribution in [3.63, 3.8) is 0 Å². The highest BCUT2D eigenvalue weighted by molar-refractivity contribution is 7.86. The summed E-state index contributed by atoms with van der Waals surface area (Å²) < 4.78 is 31.6. The molecule has 2 rings (SSSR count). The predicted octanol–water partition coefficient (Wildman–Crippen LogP) is -0.327. The van der Waals surface area contributed by atoms with Crippen LogP contribution in [-0.4, -0.2) is 53.1 Å². The van der Waals surface area contributed by atoms with Crippen LogP contribution in [0, 0.1) is 5.41 Å². The third-order valence-corrected chi connectivity index (χ3v) is 4.45. The molecule has 1 amide bonds. The molecule has 11 heteroatoms. The van der Waals surface area contributed by atoms with Gasteiger partial charge in [-0.05, 0) is 16.6 Å². The van der Waals surface area contributed by atoms with Crippen molar-refractivity contribution in [2.45, 2.75) is 27.3 Å². The first-order valence-electron chi connectivity index (χ1n) is 8.40. The molecule has 2 heterocycles. The van der Waals surface area contributed by atoms with Crippen LogP contribution in [0.15, 0.2) is 24.8 Å². The van der Waals surface area contributed by atoms with E-state index in [0.29, 0.717) is 5.82 Å². The highest BCUT2D eigenvalue weighted by Gasteiger charge is 2.19. The zero-order chi connectivity index (χ0) is 20.1. The third-order valence-electron chi connectivity index (χ3n) is 3.27. The van der Waals surface area contributed by atoms with Crippen molar-refractivity contribution in [3.8, 4) is 11.4 Å². The number of hydrogen-bond acceptors (Lipinski definition) is 7. The van der Waals surface area contributed by atoms with Crippen molar-refractivity contribution in [3.05, 3.63) is 24.8 Å². The lowest BCUT2D eigenvalue weighted by Gasteiger charge is -2.17. The van der Waals surface area contributed by atoms with Crippen molar-refractivity contribution in [1.29, 1.82) is 0 Å². The summed E-state index contributed by atoms with van der Waals surface area (Å²) >= 11 is 0. The Morgan fingerprint density at radius 1 is 1.37 bits per heavy atom. The molecule has 0 aliphatic carbocycles. The molecule has 0 saturated carbocycles. The van der Waals surface area contributed by atoms with Gasteiger partial charge in [-0.2, -0.15) is 13.5 Å². The first-order chi connectivity index (χ1) is 12.5. The van der Waals surface area contributed by atoms with Gasteiger partial charge in [-0.25, -0.2) is 4.98 Å². The molecule has 27 heavy (non-hydrogen) atoms. The van der Waals surface area contributed by atoms with Gasteiger partial charge in [0.15, 0.2) is 5.82 Å². The summed E-state index contributed by atoms with van der Waals surface area (Å²) in [4.78, 5) is 16.2. The van der Waals surface area contributed by atoms with Crippen LogP contribution in [0.3, 0.4) is 0 Å². The molecule has 0 unspecified atom stereocenters. The lowest BCUT2D eigenvalue weighted by Crippen LogP contribution is -2.46. The van der Waals surface area contributed by atoms with E-state index < -0.39 is 10.1 Å². The van der Waals surface area contributed by atoms with Crippen LogP contribution in [0.5, 0.6) is 0 Å². The van der Waals surface area contributed by atoms with Gasteiger partial charge in [0, 0.05) is 13.6 Å². The molecular formula is C16H25N6O4S+. The van der Waals surface area contributed by atoms with E-state index in [-0.39, 0.29) is 36.8 Å². The summed E-state index contributed by atoms with van der Waals surface area (Å²) in [5, 5.41) is 10.8. The van der Waals surface area contributed by atoms with Crippen molar-refractivity contribution in [2.75, 3.05) is 18.9 Å². The molecule has 2 aromatic rings. The Hall–Kier alpha value is -2.40. The number of hydrogen-bond donors (Lipinski definition) is 1. The molecule has 0 aliphatic heterocycles. The highest BCUT2D eigenvalue weighted by Crippen LogP contribution is 2.14. The van der Waals surface area contributed by atoms with E-state index in [4.69, 9.17) is 4.18 Å². The van der Waals surface area contributed by atoms with Gasteiger partial charge in [0.05, 0.1) is 24.1 Å². The first-order valence-corrected chi connectivity index (χ1v) is 9.97. The van der Waals surface area contributed by atoms with Gasteiger partial charge in [0.25, 0.3) is 22.6 Å². The number of carbonyl (C=O) groups excluding carboxylic acids is 1. The molecule has 0 fully saturated rings. The third kappa shape index (κ3) is 7.39. The Balaban J connectivity index is 1.84. The first kappa shape index (κ1) is 20.9. The predicted molar refractivity (Wildman–Crippen MR) is 96.6 cm³/mol. The van der Waals surface area contributed by atoms with E-state index in [1.807, 2.05) is 20.8 Å². The summed E-state index contributed by atoms with van der Waals surface area (Å²) in [6.07, 6.45) is 4.77. The van der Waals surface area contributed by atoms with Gasteiger partial charge in [0.1, 0.15) is 6.33 Å². The Morgan fingerprint density at radius 3 is 2.74 bits per heavy atom. The molecule has 10 nitrogen and oxygen atoms in total. The topological polar surface area (TPSA) is 120 Å². The van der Waals surface area contributed by atoms with Gasteiger partial charge >= 0.3 is 0 Å². The minimum Gasteiger partial charge on any atom is -0.349 e. The summed E-state index contributed by atoms with van der Waals surface area (Å²) in [6.45, 7) is 5.64. The highest BCUT2D eigenvalue weighted by atomic mass is 32.2. The fraction of sp³-hybridized carbons (Fsp3) is 0.562. The number of amides is 1. The van der Waals surface area contributed by atoms with Crippen molar-refractivity contribution in [1.82, 2.24) is 25.2 Å². The minimum absolute atomic E-state index is 0.0344. The Morgan fingerprint density at radius 2 is 2.11 bits per heavy atom. The number of aryl methyl sites for hydroxylation is 1. The standard InChI is InChI=1S/C16H24N6O4S/c1-16(2,3)11-26-27(24,25)8-7-17-14(23)10-22-9-13(5-6-19-22)15-18-12-21(4)20-15/h5-6,9,12H,7-8,10-11H2,1-4H3/p+1. The van der Waals surface area contributed by atoms with E-state index in [1.54, 1.807) is 36.5 Å². The summed E-state index contributed by atoms with van der Waals surface area (Å²) in [5.74, 6) is -0.119. The van der Waals surface area contributed by atoms with Crippen LogP contribution >= 0.6 is 0 Å². The van der Waals surface area contributed by atoms with Gasteiger partial charge in [-0.3, -0.25) is 13.7 Å². The molecule has 0 aromatic carbocycles. The van der Waals surface area contributed by atoms with Crippen molar-refractivity contribution < 1.29 is 22.1 Å². The monoisotopic (exact) mass is 397 g/mol. The van der Waals surface area contributed by atoms with Crippen LogP contribution in [0.4, 0.5) is 0 Å². The summed E-state index contributed by atoms with van der Waals surface area (Å²) in [6, 6.07) is 1.74. The van der Waals surface area contributed by atoms with E-state index in [2.05, 4.69) is 20.5 Å². The number of nitrogens with zero attached hydrogens (tertiary/aromatic N) is 5. The van der Waals surface area contributed by atoms with Gasteiger partial charge in [-0.15, -0.1) is 0 Å². The van der Waals surface area contributed by atoms with Crippen LogP contribution in [-0.2, 0) is 32.7 Å². The van der Waals surface area contributed by atoms with Crippen molar-refractivity contribution >= 4 is 16.0 Å². The number of nitrogens with one attached hydrogen (secondary N) is 1. The quantitative estimate of drug-likeness (QED) is 0.478. The maximum absolute atomic E-state index is 12.0. The van der Waals surface area contributed by atoms with Crippen molar-refractivity contribution in [2.24, 2.45) is 12.5 Å².